The first-order valence-corrected chi connectivity index (χ1v) is 10.2. The summed E-state index contributed by atoms with van der Waals surface area (Å²) in [4.78, 5) is 15.0. The topological polar surface area (TPSA) is 64.6 Å². The summed E-state index contributed by atoms with van der Waals surface area (Å²) in [6, 6.07) is 8.79. The van der Waals surface area contributed by atoms with Gasteiger partial charge in [-0.2, -0.15) is 0 Å². The van der Waals surface area contributed by atoms with Crippen molar-refractivity contribution in [3.63, 3.8) is 0 Å². The second-order valence-corrected chi connectivity index (χ2v) is 8.30. The van der Waals surface area contributed by atoms with E-state index in [-0.39, 0.29) is 18.1 Å². The van der Waals surface area contributed by atoms with Crippen molar-refractivity contribution in [3.8, 4) is 0 Å². The maximum absolute atomic E-state index is 12.6. The van der Waals surface area contributed by atoms with Crippen LogP contribution in [0, 0.1) is 11.8 Å². The van der Waals surface area contributed by atoms with Gasteiger partial charge in [0.2, 0.25) is 5.91 Å². The lowest BCUT2D eigenvalue weighted by molar-refractivity contribution is -0.124. The van der Waals surface area contributed by atoms with Crippen molar-refractivity contribution in [1.29, 1.82) is 0 Å². The highest BCUT2D eigenvalue weighted by Gasteiger charge is 2.39. The van der Waals surface area contributed by atoms with E-state index in [0.717, 1.165) is 58.4 Å². The molecule has 2 aliphatic heterocycles. The summed E-state index contributed by atoms with van der Waals surface area (Å²) < 4.78 is 0. The number of hydrogen-bond acceptors (Lipinski definition) is 4. The van der Waals surface area contributed by atoms with Gasteiger partial charge < -0.3 is 15.7 Å². The second-order valence-electron chi connectivity index (χ2n) is 8.30. The number of piperidine rings is 1. The van der Waals surface area contributed by atoms with Crippen LogP contribution in [0.25, 0.3) is 0 Å². The summed E-state index contributed by atoms with van der Waals surface area (Å²) >= 11 is 0. The molecule has 1 aliphatic carbocycles. The summed E-state index contributed by atoms with van der Waals surface area (Å²) in [7, 11) is 0. The molecule has 2 fully saturated rings. The van der Waals surface area contributed by atoms with Gasteiger partial charge in [-0.25, -0.2) is 0 Å². The number of aliphatic hydroxyl groups excluding tert-OH is 1. The molecule has 0 unspecified atom stereocenters. The molecular formula is C21H31N3O2. The molecule has 1 aromatic rings. The third kappa shape index (κ3) is 4.11. The molecule has 142 valence electrons. The summed E-state index contributed by atoms with van der Waals surface area (Å²) in [6.45, 7) is 4.80. The Kier molecular flexibility index (Phi) is 5.57. The molecule has 1 aromatic carbocycles. The minimum atomic E-state index is -0.163. The molecule has 5 nitrogen and oxygen atoms in total. The van der Waals surface area contributed by atoms with Gasteiger partial charge in [0.1, 0.15) is 0 Å². The Morgan fingerprint density at radius 1 is 1.15 bits per heavy atom. The van der Waals surface area contributed by atoms with E-state index < -0.39 is 0 Å². The second kappa shape index (κ2) is 8.07. The summed E-state index contributed by atoms with van der Waals surface area (Å²) in [5.74, 6) is 1.17. The van der Waals surface area contributed by atoms with Gasteiger partial charge in [-0.3, -0.25) is 9.69 Å². The number of amides is 1. The van der Waals surface area contributed by atoms with Crippen molar-refractivity contribution in [2.75, 3.05) is 19.6 Å². The van der Waals surface area contributed by atoms with Crippen molar-refractivity contribution in [1.82, 2.24) is 15.5 Å². The fourth-order valence-electron chi connectivity index (χ4n) is 4.83. The zero-order valence-electron chi connectivity index (χ0n) is 15.5. The minimum absolute atomic E-state index is 0.163. The maximum atomic E-state index is 12.6. The fourth-order valence-corrected chi connectivity index (χ4v) is 4.83. The molecule has 1 amide bonds. The van der Waals surface area contributed by atoms with E-state index in [9.17, 15) is 9.90 Å². The molecule has 1 saturated carbocycles. The molecule has 1 atom stereocenters. The average molecular weight is 357 g/mol. The molecule has 2 heterocycles. The number of rotatable bonds is 6. The van der Waals surface area contributed by atoms with Crippen molar-refractivity contribution >= 4 is 5.91 Å². The molecule has 3 N–H and O–H groups in total. The van der Waals surface area contributed by atoms with Gasteiger partial charge in [0.25, 0.3) is 0 Å². The molecule has 0 bridgehead atoms. The normalized spacial score (nSPS) is 27.6. The molecule has 3 aliphatic rings. The van der Waals surface area contributed by atoms with Crippen LogP contribution < -0.4 is 10.6 Å². The largest absolute Gasteiger partial charge is 0.393 e. The molecule has 4 rings (SSSR count). The van der Waals surface area contributed by atoms with Crippen LogP contribution in [0.4, 0.5) is 0 Å². The van der Waals surface area contributed by atoms with Crippen LogP contribution in [0.15, 0.2) is 24.3 Å². The van der Waals surface area contributed by atoms with E-state index in [1.807, 2.05) is 0 Å². The van der Waals surface area contributed by atoms with Gasteiger partial charge in [-0.05, 0) is 61.7 Å². The van der Waals surface area contributed by atoms with Gasteiger partial charge >= 0.3 is 0 Å². The molecule has 0 spiro atoms. The van der Waals surface area contributed by atoms with E-state index in [2.05, 4.69) is 39.8 Å². The van der Waals surface area contributed by atoms with E-state index in [1.165, 1.54) is 11.1 Å². The van der Waals surface area contributed by atoms with Crippen LogP contribution in [0.2, 0.25) is 0 Å². The Labute approximate surface area is 156 Å². The zero-order valence-corrected chi connectivity index (χ0v) is 15.5. The highest BCUT2D eigenvalue weighted by molar-refractivity contribution is 5.76. The van der Waals surface area contributed by atoms with E-state index in [1.54, 1.807) is 0 Å². The molecule has 26 heavy (non-hydrogen) atoms. The molecule has 0 radical (unpaired) electrons. The first kappa shape index (κ1) is 18.0. The number of aliphatic hydroxyl groups is 1. The Morgan fingerprint density at radius 2 is 1.81 bits per heavy atom. The molecule has 1 saturated heterocycles. The third-order valence-electron chi connectivity index (χ3n) is 6.44. The molecule has 0 aromatic heterocycles. The standard InChI is InChI=1S/C21H31N3O2/c25-19-11-18(12-19)21(15-5-8-22-9-6-15)23-20(26)7-10-24-13-16-3-1-2-4-17(16)14-24/h1-4,15,18-19,21-22,25H,5-14H2,(H,23,26)/t18?,19?,21-/m0/s1. The van der Waals surface area contributed by atoms with Crippen LogP contribution in [0.5, 0.6) is 0 Å². The van der Waals surface area contributed by atoms with Crippen LogP contribution in [0.3, 0.4) is 0 Å². The maximum Gasteiger partial charge on any atom is 0.221 e. The average Bonchev–Trinajstić information content (AvgIpc) is 3.06. The number of nitrogens with one attached hydrogen (secondary N) is 2. The summed E-state index contributed by atoms with van der Waals surface area (Å²) in [5, 5.41) is 16.5. The number of carbonyl (C=O) groups excluding carboxylic acids is 1. The SMILES string of the molecule is O=C(CCN1Cc2ccccc2C1)N[C@@H](C1CCNCC1)C1CC(O)C1. The number of hydrogen-bond donors (Lipinski definition) is 3. The molecule has 5 heteroatoms. The lowest BCUT2D eigenvalue weighted by Gasteiger charge is -2.43. The lowest BCUT2D eigenvalue weighted by atomic mass is 9.71. The van der Waals surface area contributed by atoms with Crippen LogP contribution in [-0.4, -0.2) is 47.7 Å². The number of benzene rings is 1. The Hall–Kier alpha value is -1.43. The Bertz CT molecular complexity index is 598. The van der Waals surface area contributed by atoms with Crippen molar-refractivity contribution < 1.29 is 9.90 Å². The van der Waals surface area contributed by atoms with Gasteiger partial charge in [-0.15, -0.1) is 0 Å². The van der Waals surface area contributed by atoms with E-state index in [4.69, 9.17) is 0 Å². The zero-order chi connectivity index (χ0) is 17.9. The monoisotopic (exact) mass is 357 g/mol. The van der Waals surface area contributed by atoms with Crippen molar-refractivity contribution in [2.24, 2.45) is 11.8 Å². The quantitative estimate of drug-likeness (QED) is 0.724. The molecular weight excluding hydrogens is 326 g/mol. The van der Waals surface area contributed by atoms with Crippen molar-refractivity contribution in [2.45, 2.75) is 57.3 Å². The first-order valence-electron chi connectivity index (χ1n) is 10.2. The van der Waals surface area contributed by atoms with Gasteiger partial charge in [0, 0.05) is 32.1 Å². The predicted molar refractivity (Wildman–Crippen MR) is 101 cm³/mol. The lowest BCUT2D eigenvalue weighted by Crippen LogP contribution is -2.53. The fraction of sp³-hybridized carbons (Fsp3) is 0.667. The van der Waals surface area contributed by atoms with Gasteiger partial charge in [0.15, 0.2) is 0 Å². The van der Waals surface area contributed by atoms with E-state index in [0.29, 0.717) is 18.3 Å². The summed E-state index contributed by atoms with van der Waals surface area (Å²) in [6.07, 6.45) is 4.33. The number of carbonyl (C=O) groups is 1. The van der Waals surface area contributed by atoms with Crippen LogP contribution in [0.1, 0.15) is 43.2 Å². The summed E-state index contributed by atoms with van der Waals surface area (Å²) in [5.41, 5.74) is 2.79. The smallest absolute Gasteiger partial charge is 0.221 e. The Morgan fingerprint density at radius 3 is 2.42 bits per heavy atom. The van der Waals surface area contributed by atoms with Gasteiger partial charge in [0.05, 0.1) is 6.10 Å². The van der Waals surface area contributed by atoms with Crippen LogP contribution >= 0.6 is 0 Å². The third-order valence-corrected chi connectivity index (χ3v) is 6.44. The van der Waals surface area contributed by atoms with E-state index >= 15 is 0 Å². The number of fused-ring (bicyclic) bond motifs is 1. The predicted octanol–water partition coefficient (Wildman–Crippen LogP) is 1.65. The Balaban J connectivity index is 1.28. The van der Waals surface area contributed by atoms with Crippen molar-refractivity contribution in [3.05, 3.63) is 35.4 Å². The first-order chi connectivity index (χ1) is 12.7. The van der Waals surface area contributed by atoms with Gasteiger partial charge in [-0.1, -0.05) is 24.3 Å². The highest BCUT2D eigenvalue weighted by Crippen LogP contribution is 2.35. The number of nitrogens with zero attached hydrogens (tertiary/aromatic N) is 1. The van der Waals surface area contributed by atoms with Crippen LogP contribution in [-0.2, 0) is 17.9 Å². The highest BCUT2D eigenvalue weighted by atomic mass is 16.3. The minimum Gasteiger partial charge on any atom is -0.393 e.